The number of nitrogens with one attached hydrogen (secondary N) is 2. The van der Waals surface area contributed by atoms with Crippen molar-refractivity contribution in [2.24, 2.45) is 0 Å². The van der Waals surface area contributed by atoms with E-state index in [-0.39, 0.29) is 5.91 Å². The molecular weight excluding hydrogens is 300 g/mol. The quantitative estimate of drug-likeness (QED) is 0.587. The van der Waals surface area contributed by atoms with E-state index in [9.17, 15) is 4.79 Å². The van der Waals surface area contributed by atoms with Gasteiger partial charge in [-0.3, -0.25) is 15.1 Å². The van der Waals surface area contributed by atoms with Gasteiger partial charge in [-0.15, -0.1) is 0 Å². The number of aromatic amines is 1. The van der Waals surface area contributed by atoms with Gasteiger partial charge in [0.15, 0.2) is 0 Å². The topological polar surface area (TPSA) is 70.7 Å². The number of fused-ring (bicyclic) bond motifs is 2. The van der Waals surface area contributed by atoms with Gasteiger partial charge in [0.25, 0.3) is 5.91 Å². The molecule has 2 aromatic heterocycles. The van der Waals surface area contributed by atoms with Crippen LogP contribution in [-0.2, 0) is 0 Å². The number of amides is 1. The molecule has 4 rings (SSSR count). The molecule has 0 fully saturated rings. The van der Waals surface area contributed by atoms with Crippen molar-refractivity contribution in [1.82, 2.24) is 15.0 Å². The maximum absolute atomic E-state index is 12.6. The number of benzene rings is 2. The Morgan fingerprint density at radius 3 is 2.67 bits per heavy atom. The lowest BCUT2D eigenvalue weighted by Crippen LogP contribution is -2.15. The molecule has 0 atom stereocenters. The Kier molecular flexibility index (Phi) is 3.27. The highest BCUT2D eigenvalue weighted by molar-refractivity contribution is 6.06. The first kappa shape index (κ1) is 14.4. The molecule has 0 aliphatic rings. The van der Waals surface area contributed by atoms with Gasteiger partial charge < -0.3 is 4.98 Å². The number of anilines is 1. The summed E-state index contributed by atoms with van der Waals surface area (Å²) in [6.45, 7) is 3.86. The van der Waals surface area contributed by atoms with Crippen molar-refractivity contribution >= 4 is 33.8 Å². The lowest BCUT2D eigenvalue weighted by molar-refractivity contribution is 0.102. The Morgan fingerprint density at radius 2 is 1.83 bits per heavy atom. The number of hydrogen-bond acceptors (Lipinski definition) is 3. The van der Waals surface area contributed by atoms with E-state index < -0.39 is 0 Å². The van der Waals surface area contributed by atoms with E-state index in [1.807, 2.05) is 62.4 Å². The largest absolute Gasteiger partial charge is 0.324 e. The van der Waals surface area contributed by atoms with E-state index >= 15 is 0 Å². The molecule has 24 heavy (non-hydrogen) atoms. The minimum atomic E-state index is -0.220. The van der Waals surface area contributed by atoms with Crippen molar-refractivity contribution in [3.05, 3.63) is 65.4 Å². The number of para-hydroxylation sites is 2. The third-order valence-corrected chi connectivity index (χ3v) is 4.03. The number of pyridine rings is 1. The Labute approximate surface area is 138 Å². The number of aryl methyl sites for hydroxylation is 2. The van der Waals surface area contributed by atoms with Crippen LogP contribution in [0.25, 0.3) is 21.9 Å². The van der Waals surface area contributed by atoms with E-state index in [1.54, 1.807) is 0 Å². The first-order valence-corrected chi connectivity index (χ1v) is 7.74. The number of imidazole rings is 1. The van der Waals surface area contributed by atoms with Gasteiger partial charge in [0, 0.05) is 5.39 Å². The van der Waals surface area contributed by atoms with Crippen LogP contribution >= 0.6 is 0 Å². The molecule has 0 saturated carbocycles. The van der Waals surface area contributed by atoms with E-state index in [0.717, 1.165) is 27.5 Å². The molecule has 118 valence electrons. The summed E-state index contributed by atoms with van der Waals surface area (Å²) in [4.78, 5) is 24.6. The molecule has 0 aliphatic heterocycles. The lowest BCUT2D eigenvalue weighted by Gasteiger charge is -2.07. The molecule has 0 radical (unpaired) electrons. The highest BCUT2D eigenvalue weighted by Gasteiger charge is 2.14. The standard InChI is InChI=1S/C19H16N4O/c1-11-7-8-15-13(9-11)10-14(12(2)20-15)18(24)23-19-21-16-5-3-4-6-17(16)22-19/h3-10H,1-2H3,(H2,21,22,23,24). The first-order valence-electron chi connectivity index (χ1n) is 7.74. The first-order chi connectivity index (χ1) is 11.6. The second-order valence-electron chi connectivity index (χ2n) is 5.87. The molecule has 5 nitrogen and oxygen atoms in total. The number of aromatic nitrogens is 3. The average molecular weight is 316 g/mol. The van der Waals surface area contributed by atoms with Crippen LogP contribution in [0, 0.1) is 13.8 Å². The van der Waals surface area contributed by atoms with E-state index in [0.29, 0.717) is 17.2 Å². The van der Waals surface area contributed by atoms with E-state index in [1.165, 1.54) is 0 Å². The maximum atomic E-state index is 12.6. The third-order valence-electron chi connectivity index (χ3n) is 4.03. The van der Waals surface area contributed by atoms with Crippen molar-refractivity contribution in [2.45, 2.75) is 13.8 Å². The summed E-state index contributed by atoms with van der Waals surface area (Å²) in [6, 6.07) is 15.5. The lowest BCUT2D eigenvalue weighted by atomic mass is 10.1. The molecule has 2 N–H and O–H groups in total. The molecule has 4 aromatic rings. The van der Waals surface area contributed by atoms with Crippen LogP contribution in [0.1, 0.15) is 21.6 Å². The number of carbonyl (C=O) groups excluding carboxylic acids is 1. The smallest absolute Gasteiger partial charge is 0.259 e. The Bertz CT molecular complexity index is 1050. The second-order valence-corrected chi connectivity index (χ2v) is 5.87. The fourth-order valence-corrected chi connectivity index (χ4v) is 2.81. The van der Waals surface area contributed by atoms with Gasteiger partial charge in [-0.25, -0.2) is 4.98 Å². The van der Waals surface area contributed by atoms with Crippen molar-refractivity contribution in [2.75, 3.05) is 5.32 Å². The molecule has 2 aromatic carbocycles. The van der Waals surface area contributed by atoms with Gasteiger partial charge in [-0.05, 0) is 44.2 Å². The number of nitrogens with zero attached hydrogens (tertiary/aromatic N) is 2. The van der Waals surface area contributed by atoms with Crippen LogP contribution in [0.3, 0.4) is 0 Å². The molecule has 0 bridgehead atoms. The zero-order chi connectivity index (χ0) is 16.7. The van der Waals surface area contributed by atoms with Gasteiger partial charge in [0.05, 0.1) is 27.8 Å². The van der Waals surface area contributed by atoms with Crippen LogP contribution in [0.2, 0.25) is 0 Å². The van der Waals surface area contributed by atoms with Crippen LogP contribution < -0.4 is 5.32 Å². The fourth-order valence-electron chi connectivity index (χ4n) is 2.81. The predicted molar refractivity (Wildman–Crippen MR) is 95.3 cm³/mol. The van der Waals surface area contributed by atoms with Gasteiger partial charge in [0.2, 0.25) is 5.95 Å². The summed E-state index contributed by atoms with van der Waals surface area (Å²) in [6.07, 6.45) is 0. The summed E-state index contributed by atoms with van der Waals surface area (Å²) < 4.78 is 0. The molecule has 0 spiro atoms. The average Bonchev–Trinajstić information content (AvgIpc) is 2.96. The minimum Gasteiger partial charge on any atom is -0.324 e. The maximum Gasteiger partial charge on any atom is 0.259 e. The Hall–Kier alpha value is -3.21. The molecule has 0 saturated heterocycles. The van der Waals surface area contributed by atoms with Crippen LogP contribution in [0.4, 0.5) is 5.95 Å². The second kappa shape index (κ2) is 5.45. The number of H-pyrrole nitrogens is 1. The molecular formula is C19H16N4O. The predicted octanol–water partition coefficient (Wildman–Crippen LogP) is 3.98. The Morgan fingerprint density at radius 1 is 1.00 bits per heavy atom. The minimum absolute atomic E-state index is 0.220. The third kappa shape index (κ3) is 2.50. The summed E-state index contributed by atoms with van der Waals surface area (Å²) in [5.74, 6) is 0.215. The van der Waals surface area contributed by atoms with Gasteiger partial charge >= 0.3 is 0 Å². The highest BCUT2D eigenvalue weighted by Crippen LogP contribution is 2.20. The Balaban J connectivity index is 1.70. The zero-order valence-electron chi connectivity index (χ0n) is 13.4. The SMILES string of the molecule is Cc1ccc2nc(C)c(C(=O)Nc3nc4ccccc4[nH]3)cc2c1. The summed E-state index contributed by atoms with van der Waals surface area (Å²) >= 11 is 0. The normalized spacial score (nSPS) is 11.1. The van der Waals surface area contributed by atoms with Crippen molar-refractivity contribution in [3.8, 4) is 0 Å². The summed E-state index contributed by atoms with van der Waals surface area (Å²) in [7, 11) is 0. The number of hydrogen-bond donors (Lipinski definition) is 2. The zero-order valence-corrected chi connectivity index (χ0v) is 13.4. The van der Waals surface area contributed by atoms with E-state index in [4.69, 9.17) is 0 Å². The van der Waals surface area contributed by atoms with Gasteiger partial charge in [0.1, 0.15) is 0 Å². The van der Waals surface area contributed by atoms with Gasteiger partial charge in [-0.1, -0.05) is 23.8 Å². The van der Waals surface area contributed by atoms with Gasteiger partial charge in [-0.2, -0.15) is 0 Å². The molecule has 1 amide bonds. The monoisotopic (exact) mass is 316 g/mol. The summed E-state index contributed by atoms with van der Waals surface area (Å²) in [5.41, 5.74) is 4.97. The van der Waals surface area contributed by atoms with Crippen LogP contribution in [0.15, 0.2) is 48.5 Å². The van der Waals surface area contributed by atoms with Crippen molar-refractivity contribution in [1.29, 1.82) is 0 Å². The number of carbonyl (C=O) groups is 1. The molecule has 2 heterocycles. The van der Waals surface area contributed by atoms with Crippen LogP contribution in [0.5, 0.6) is 0 Å². The van der Waals surface area contributed by atoms with E-state index in [2.05, 4.69) is 20.3 Å². The molecule has 0 aliphatic carbocycles. The number of rotatable bonds is 2. The van der Waals surface area contributed by atoms with Crippen LogP contribution in [-0.4, -0.2) is 20.9 Å². The van der Waals surface area contributed by atoms with Crippen molar-refractivity contribution < 1.29 is 4.79 Å². The summed E-state index contributed by atoms with van der Waals surface area (Å²) in [5, 5.41) is 3.78. The highest BCUT2D eigenvalue weighted by atomic mass is 16.1. The fraction of sp³-hybridized carbons (Fsp3) is 0.105. The van der Waals surface area contributed by atoms with Crippen molar-refractivity contribution in [3.63, 3.8) is 0 Å². The molecule has 0 unspecified atom stereocenters. The molecule has 5 heteroatoms.